The number of rotatable bonds is 1. The van der Waals surface area contributed by atoms with Crippen LogP contribution in [0.1, 0.15) is 19.3 Å². The van der Waals surface area contributed by atoms with Crippen LogP contribution in [0.15, 0.2) is 18.5 Å². The van der Waals surface area contributed by atoms with Gasteiger partial charge in [0.1, 0.15) is 0 Å². The van der Waals surface area contributed by atoms with E-state index >= 15 is 0 Å². The normalized spacial score (nSPS) is 23.2. The average Bonchev–Trinajstić information content (AvgIpc) is 2.74. The van der Waals surface area contributed by atoms with Crippen LogP contribution in [0.2, 0.25) is 0 Å². The number of hydrogen-bond donors (Lipinski definition) is 1. The standard InChI is InChI=1S/C13H19N3O/c14-11-9-15-5-1-12(11)16-6-2-13(10-16)3-7-17-8-4-13/h1,5,9H,2-4,6-8,10,14H2. The minimum atomic E-state index is 0.466. The molecule has 2 saturated heterocycles. The summed E-state index contributed by atoms with van der Waals surface area (Å²) in [5.41, 5.74) is 8.39. The predicted molar refractivity (Wildman–Crippen MR) is 68.0 cm³/mol. The summed E-state index contributed by atoms with van der Waals surface area (Å²) < 4.78 is 5.47. The van der Waals surface area contributed by atoms with Gasteiger partial charge in [0.15, 0.2) is 0 Å². The Bertz CT molecular complexity index is 401. The third-order valence-electron chi connectivity index (χ3n) is 4.16. The van der Waals surface area contributed by atoms with Crippen LogP contribution in [-0.4, -0.2) is 31.3 Å². The third-order valence-corrected chi connectivity index (χ3v) is 4.16. The van der Waals surface area contributed by atoms with Gasteiger partial charge in [0.25, 0.3) is 0 Å². The Morgan fingerprint density at radius 2 is 2.12 bits per heavy atom. The molecule has 0 radical (unpaired) electrons. The first-order valence-electron chi connectivity index (χ1n) is 6.31. The summed E-state index contributed by atoms with van der Waals surface area (Å²) in [5.74, 6) is 0. The molecule has 0 unspecified atom stereocenters. The van der Waals surface area contributed by atoms with Crippen LogP contribution in [0.3, 0.4) is 0 Å². The number of hydrogen-bond acceptors (Lipinski definition) is 4. The molecule has 0 aliphatic carbocycles. The fourth-order valence-electron chi connectivity index (χ4n) is 3.04. The molecule has 0 aromatic carbocycles. The molecule has 3 rings (SSSR count). The second-order valence-corrected chi connectivity index (χ2v) is 5.22. The molecule has 0 saturated carbocycles. The van der Waals surface area contributed by atoms with Gasteiger partial charge in [-0.05, 0) is 30.7 Å². The van der Waals surface area contributed by atoms with E-state index in [1.165, 1.54) is 19.3 Å². The number of pyridine rings is 1. The molecule has 2 aliphatic rings. The lowest BCUT2D eigenvalue weighted by atomic mass is 9.80. The molecule has 4 heteroatoms. The lowest BCUT2D eigenvalue weighted by Gasteiger charge is -2.33. The van der Waals surface area contributed by atoms with Crippen LogP contribution in [0.5, 0.6) is 0 Å². The summed E-state index contributed by atoms with van der Waals surface area (Å²) >= 11 is 0. The topological polar surface area (TPSA) is 51.4 Å². The summed E-state index contributed by atoms with van der Waals surface area (Å²) in [7, 11) is 0. The largest absolute Gasteiger partial charge is 0.396 e. The quantitative estimate of drug-likeness (QED) is 0.801. The highest BCUT2D eigenvalue weighted by atomic mass is 16.5. The van der Waals surface area contributed by atoms with Crippen molar-refractivity contribution in [2.45, 2.75) is 19.3 Å². The number of aromatic nitrogens is 1. The maximum Gasteiger partial charge on any atom is 0.0738 e. The molecule has 2 aliphatic heterocycles. The van der Waals surface area contributed by atoms with E-state index < -0.39 is 0 Å². The van der Waals surface area contributed by atoms with Crippen molar-refractivity contribution in [2.24, 2.45) is 5.41 Å². The van der Waals surface area contributed by atoms with E-state index in [2.05, 4.69) is 9.88 Å². The molecule has 1 aromatic heterocycles. The van der Waals surface area contributed by atoms with Crippen molar-refractivity contribution in [3.63, 3.8) is 0 Å². The molecule has 2 fully saturated rings. The molecule has 2 N–H and O–H groups in total. The molecule has 1 spiro atoms. The van der Waals surface area contributed by atoms with Crippen molar-refractivity contribution in [3.05, 3.63) is 18.5 Å². The molecule has 1 aromatic rings. The summed E-state index contributed by atoms with van der Waals surface area (Å²) in [6.45, 7) is 4.05. The summed E-state index contributed by atoms with van der Waals surface area (Å²) in [6.07, 6.45) is 7.20. The van der Waals surface area contributed by atoms with Crippen molar-refractivity contribution in [1.29, 1.82) is 0 Å². The molecule has 3 heterocycles. The minimum absolute atomic E-state index is 0.466. The van der Waals surface area contributed by atoms with Gasteiger partial charge in [-0.1, -0.05) is 0 Å². The van der Waals surface area contributed by atoms with Crippen molar-refractivity contribution >= 4 is 11.4 Å². The van der Waals surface area contributed by atoms with Crippen LogP contribution in [0, 0.1) is 5.41 Å². The highest BCUT2D eigenvalue weighted by Gasteiger charge is 2.39. The van der Waals surface area contributed by atoms with Crippen LogP contribution in [0.4, 0.5) is 11.4 Å². The van der Waals surface area contributed by atoms with Gasteiger partial charge in [-0.3, -0.25) is 4.98 Å². The van der Waals surface area contributed by atoms with Crippen molar-refractivity contribution in [1.82, 2.24) is 4.98 Å². The van der Waals surface area contributed by atoms with E-state index in [1.807, 2.05) is 12.3 Å². The zero-order valence-electron chi connectivity index (χ0n) is 10.1. The number of ether oxygens (including phenoxy) is 1. The lowest BCUT2D eigenvalue weighted by molar-refractivity contribution is 0.0254. The molecular weight excluding hydrogens is 214 g/mol. The number of nitrogens with two attached hydrogens (primary N) is 1. The van der Waals surface area contributed by atoms with Gasteiger partial charge in [-0.25, -0.2) is 0 Å². The Labute approximate surface area is 102 Å². The molecule has 92 valence electrons. The first-order valence-corrected chi connectivity index (χ1v) is 6.31. The zero-order chi connectivity index (χ0) is 11.7. The molecule has 0 amide bonds. The summed E-state index contributed by atoms with van der Waals surface area (Å²) in [5, 5.41) is 0. The Balaban J connectivity index is 1.77. The zero-order valence-corrected chi connectivity index (χ0v) is 10.1. The van der Waals surface area contributed by atoms with Gasteiger partial charge >= 0.3 is 0 Å². The van der Waals surface area contributed by atoms with E-state index in [0.717, 1.165) is 37.7 Å². The number of nitrogen functional groups attached to an aromatic ring is 1. The minimum Gasteiger partial charge on any atom is -0.396 e. The molecule has 0 bridgehead atoms. The SMILES string of the molecule is Nc1cnccc1N1CCC2(CCOCC2)C1. The first kappa shape index (κ1) is 10.8. The second kappa shape index (κ2) is 4.18. The second-order valence-electron chi connectivity index (χ2n) is 5.22. The van der Waals surface area contributed by atoms with Crippen LogP contribution < -0.4 is 10.6 Å². The third kappa shape index (κ3) is 1.97. The Morgan fingerprint density at radius 3 is 2.88 bits per heavy atom. The van der Waals surface area contributed by atoms with Crippen LogP contribution in [0.25, 0.3) is 0 Å². The maximum absolute atomic E-state index is 5.99. The molecule has 4 nitrogen and oxygen atoms in total. The fraction of sp³-hybridized carbons (Fsp3) is 0.615. The Hall–Kier alpha value is -1.29. The van der Waals surface area contributed by atoms with Gasteiger partial charge in [0.05, 0.1) is 17.6 Å². The monoisotopic (exact) mass is 233 g/mol. The Kier molecular flexibility index (Phi) is 2.67. The van der Waals surface area contributed by atoms with Crippen LogP contribution >= 0.6 is 0 Å². The Morgan fingerprint density at radius 1 is 1.29 bits per heavy atom. The molecule has 0 atom stereocenters. The van der Waals surface area contributed by atoms with Crippen molar-refractivity contribution in [3.8, 4) is 0 Å². The van der Waals surface area contributed by atoms with Gasteiger partial charge in [0.2, 0.25) is 0 Å². The number of nitrogens with zero attached hydrogens (tertiary/aromatic N) is 2. The smallest absolute Gasteiger partial charge is 0.0738 e. The maximum atomic E-state index is 5.99. The first-order chi connectivity index (χ1) is 8.29. The van der Waals surface area contributed by atoms with E-state index in [1.54, 1.807) is 6.20 Å². The predicted octanol–water partition coefficient (Wildman–Crippen LogP) is 1.67. The lowest BCUT2D eigenvalue weighted by Crippen LogP contribution is -2.33. The van der Waals surface area contributed by atoms with Gasteiger partial charge in [-0.2, -0.15) is 0 Å². The van der Waals surface area contributed by atoms with Crippen molar-refractivity contribution in [2.75, 3.05) is 36.9 Å². The molecular formula is C13H19N3O. The van der Waals surface area contributed by atoms with Crippen LogP contribution in [-0.2, 0) is 4.74 Å². The highest BCUT2D eigenvalue weighted by molar-refractivity contribution is 5.66. The van der Waals surface area contributed by atoms with Gasteiger partial charge in [-0.15, -0.1) is 0 Å². The van der Waals surface area contributed by atoms with Crippen molar-refractivity contribution < 1.29 is 4.74 Å². The average molecular weight is 233 g/mol. The number of anilines is 2. The van der Waals surface area contributed by atoms with E-state index in [4.69, 9.17) is 10.5 Å². The van der Waals surface area contributed by atoms with E-state index in [0.29, 0.717) is 5.41 Å². The highest BCUT2D eigenvalue weighted by Crippen LogP contribution is 2.42. The van der Waals surface area contributed by atoms with Gasteiger partial charge < -0.3 is 15.4 Å². The molecule has 17 heavy (non-hydrogen) atoms. The van der Waals surface area contributed by atoms with E-state index in [9.17, 15) is 0 Å². The summed E-state index contributed by atoms with van der Waals surface area (Å²) in [6, 6.07) is 2.02. The van der Waals surface area contributed by atoms with E-state index in [-0.39, 0.29) is 0 Å². The van der Waals surface area contributed by atoms with Gasteiger partial charge in [0, 0.05) is 32.5 Å². The summed E-state index contributed by atoms with van der Waals surface area (Å²) in [4.78, 5) is 6.45. The fourth-order valence-corrected chi connectivity index (χ4v) is 3.04.